The molecular formula is C21H14ClN3O3S. The number of fused-ring (bicyclic) bond motifs is 1. The Bertz CT molecular complexity index is 1270. The van der Waals surface area contributed by atoms with Crippen LogP contribution in [0.3, 0.4) is 0 Å². The molecule has 0 N–H and O–H groups in total. The van der Waals surface area contributed by atoms with Gasteiger partial charge in [0, 0.05) is 5.02 Å². The van der Waals surface area contributed by atoms with Crippen molar-refractivity contribution in [2.45, 2.75) is 11.4 Å². The van der Waals surface area contributed by atoms with Gasteiger partial charge in [-0.3, -0.25) is 4.90 Å². The van der Waals surface area contributed by atoms with Crippen molar-refractivity contribution >= 4 is 39.0 Å². The summed E-state index contributed by atoms with van der Waals surface area (Å²) in [7, 11) is -4.11. The second-order valence-corrected chi connectivity index (χ2v) is 8.59. The van der Waals surface area contributed by atoms with Crippen LogP contribution in [0.15, 0.2) is 77.7 Å². The molecule has 6 nitrogen and oxygen atoms in total. The van der Waals surface area contributed by atoms with Crippen molar-refractivity contribution < 1.29 is 13.2 Å². The third-order valence-corrected chi connectivity index (χ3v) is 6.50. The van der Waals surface area contributed by atoms with E-state index in [4.69, 9.17) is 16.9 Å². The Balaban J connectivity index is 1.87. The smallest absolute Gasteiger partial charge is 0.287 e. The highest BCUT2D eigenvalue weighted by Gasteiger charge is 2.42. The number of nitriles is 1. The lowest BCUT2D eigenvalue weighted by Crippen LogP contribution is -2.50. The third-order valence-electron chi connectivity index (χ3n) is 4.52. The number of nitrogens with zero attached hydrogens (tertiary/aromatic N) is 3. The zero-order valence-corrected chi connectivity index (χ0v) is 16.6. The van der Waals surface area contributed by atoms with Crippen molar-refractivity contribution in [2.24, 2.45) is 0 Å². The highest BCUT2D eigenvalue weighted by atomic mass is 35.5. The van der Waals surface area contributed by atoms with Gasteiger partial charge in [0.05, 0.1) is 29.6 Å². The van der Waals surface area contributed by atoms with Gasteiger partial charge < -0.3 is 0 Å². The van der Waals surface area contributed by atoms with Gasteiger partial charge in [-0.1, -0.05) is 41.9 Å². The minimum Gasteiger partial charge on any atom is -0.287 e. The van der Waals surface area contributed by atoms with E-state index in [9.17, 15) is 13.2 Å². The minimum atomic E-state index is -4.11. The summed E-state index contributed by atoms with van der Waals surface area (Å²) in [6.07, 6.45) is 0. The van der Waals surface area contributed by atoms with E-state index >= 15 is 0 Å². The molecule has 1 aliphatic rings. The Morgan fingerprint density at radius 3 is 2.48 bits per heavy atom. The molecule has 144 valence electrons. The molecule has 3 aromatic rings. The number of rotatable bonds is 3. The molecule has 29 heavy (non-hydrogen) atoms. The van der Waals surface area contributed by atoms with Gasteiger partial charge in [0.25, 0.3) is 10.0 Å². The van der Waals surface area contributed by atoms with Crippen LogP contribution in [0.1, 0.15) is 11.1 Å². The molecule has 0 atom stereocenters. The first-order valence-electron chi connectivity index (χ1n) is 8.62. The van der Waals surface area contributed by atoms with Crippen molar-refractivity contribution in [2.75, 3.05) is 9.21 Å². The second kappa shape index (κ2) is 7.24. The highest BCUT2D eigenvalue weighted by molar-refractivity contribution is 7.94. The number of benzene rings is 3. The summed E-state index contributed by atoms with van der Waals surface area (Å²) >= 11 is 6.03. The van der Waals surface area contributed by atoms with E-state index in [-0.39, 0.29) is 22.8 Å². The monoisotopic (exact) mass is 423 g/mol. The van der Waals surface area contributed by atoms with E-state index in [2.05, 4.69) is 6.07 Å². The third kappa shape index (κ3) is 3.33. The van der Waals surface area contributed by atoms with Crippen molar-refractivity contribution in [1.29, 1.82) is 5.26 Å². The molecule has 1 aliphatic heterocycles. The molecule has 0 radical (unpaired) electrons. The first kappa shape index (κ1) is 19.0. The molecule has 0 aliphatic carbocycles. The number of hydrogen-bond donors (Lipinski definition) is 0. The predicted octanol–water partition coefficient (Wildman–Crippen LogP) is 4.55. The lowest BCUT2D eigenvalue weighted by atomic mass is 10.1. The number of urea groups is 1. The van der Waals surface area contributed by atoms with E-state index in [1.807, 2.05) is 0 Å². The van der Waals surface area contributed by atoms with Crippen LogP contribution in [-0.4, -0.2) is 14.4 Å². The quantitative estimate of drug-likeness (QED) is 0.619. The van der Waals surface area contributed by atoms with Gasteiger partial charge in [-0.2, -0.15) is 9.57 Å². The molecule has 0 saturated carbocycles. The number of anilines is 2. The van der Waals surface area contributed by atoms with Gasteiger partial charge in [-0.25, -0.2) is 13.2 Å². The van der Waals surface area contributed by atoms with E-state index in [1.165, 1.54) is 23.1 Å². The fourth-order valence-corrected chi connectivity index (χ4v) is 5.01. The van der Waals surface area contributed by atoms with E-state index in [0.717, 1.165) is 4.31 Å². The van der Waals surface area contributed by atoms with Crippen LogP contribution in [0.25, 0.3) is 0 Å². The van der Waals surface area contributed by atoms with Gasteiger partial charge >= 0.3 is 6.03 Å². The summed E-state index contributed by atoms with van der Waals surface area (Å²) in [6, 6.07) is 20.7. The number of halogens is 1. The molecule has 0 spiro atoms. The predicted molar refractivity (Wildman–Crippen MR) is 110 cm³/mol. The van der Waals surface area contributed by atoms with Crippen LogP contribution < -0.4 is 9.21 Å². The number of carbonyl (C=O) groups excluding carboxylic acids is 1. The maximum absolute atomic E-state index is 13.3. The normalized spacial score (nSPS) is 15.0. The average molecular weight is 424 g/mol. The van der Waals surface area contributed by atoms with Gasteiger partial charge in [-0.15, -0.1) is 0 Å². The van der Waals surface area contributed by atoms with Crippen LogP contribution in [0.4, 0.5) is 16.2 Å². The topological polar surface area (TPSA) is 81.5 Å². The first-order valence-corrected chi connectivity index (χ1v) is 10.4. The van der Waals surface area contributed by atoms with Gasteiger partial charge in [-0.05, 0) is 48.0 Å². The van der Waals surface area contributed by atoms with Crippen LogP contribution in [0.2, 0.25) is 5.02 Å². The Labute approximate surface area is 173 Å². The molecule has 0 saturated heterocycles. The first-order chi connectivity index (χ1) is 13.9. The van der Waals surface area contributed by atoms with Crippen LogP contribution in [0.5, 0.6) is 0 Å². The summed E-state index contributed by atoms with van der Waals surface area (Å²) in [5, 5.41) is 9.45. The second-order valence-electron chi connectivity index (χ2n) is 6.40. The maximum Gasteiger partial charge on any atom is 0.343 e. The Morgan fingerprint density at radius 2 is 1.72 bits per heavy atom. The summed E-state index contributed by atoms with van der Waals surface area (Å²) in [4.78, 5) is 14.7. The average Bonchev–Trinajstić information content (AvgIpc) is 2.71. The molecule has 0 bridgehead atoms. The molecule has 8 heteroatoms. The van der Waals surface area contributed by atoms with E-state index in [1.54, 1.807) is 54.6 Å². The molecule has 0 fully saturated rings. The molecule has 2 amide bonds. The molecule has 4 rings (SSSR count). The summed E-state index contributed by atoms with van der Waals surface area (Å²) in [5.41, 5.74) is 1.61. The lowest BCUT2D eigenvalue weighted by Gasteiger charge is -2.36. The SMILES string of the molecule is N#Cc1cccc(CN2C(=O)N(c3cccc(Cl)c3)S(=O)(=O)c3ccccc32)c1. The van der Waals surface area contributed by atoms with Gasteiger partial charge in [0.15, 0.2) is 0 Å². The summed E-state index contributed by atoms with van der Waals surface area (Å²) < 4.78 is 27.2. The zero-order valence-electron chi connectivity index (χ0n) is 15.0. The van der Waals surface area contributed by atoms with Crippen molar-refractivity contribution in [3.05, 3.63) is 88.9 Å². The van der Waals surface area contributed by atoms with Crippen molar-refractivity contribution in [3.63, 3.8) is 0 Å². The molecule has 1 heterocycles. The van der Waals surface area contributed by atoms with E-state index in [0.29, 0.717) is 16.1 Å². The molecular weight excluding hydrogens is 410 g/mol. The van der Waals surface area contributed by atoms with Crippen LogP contribution >= 0.6 is 11.6 Å². The fourth-order valence-electron chi connectivity index (χ4n) is 3.24. The van der Waals surface area contributed by atoms with Crippen molar-refractivity contribution in [3.8, 4) is 6.07 Å². The van der Waals surface area contributed by atoms with Crippen molar-refractivity contribution in [1.82, 2.24) is 0 Å². The number of para-hydroxylation sites is 1. The molecule has 3 aromatic carbocycles. The maximum atomic E-state index is 13.3. The number of hydrogen-bond acceptors (Lipinski definition) is 4. The largest absolute Gasteiger partial charge is 0.343 e. The Hall–Kier alpha value is -3.34. The summed E-state index contributed by atoms with van der Waals surface area (Å²) in [6.45, 7) is 0.109. The number of carbonyl (C=O) groups is 1. The Kier molecular flexibility index (Phi) is 4.74. The highest BCUT2D eigenvalue weighted by Crippen LogP contribution is 2.38. The minimum absolute atomic E-state index is 0.0241. The number of amides is 2. The Morgan fingerprint density at radius 1 is 0.966 bits per heavy atom. The van der Waals surface area contributed by atoms with E-state index < -0.39 is 16.1 Å². The van der Waals surface area contributed by atoms with Crippen LogP contribution in [-0.2, 0) is 16.6 Å². The molecule has 0 aromatic heterocycles. The lowest BCUT2D eigenvalue weighted by molar-refractivity contribution is 0.253. The van der Waals surface area contributed by atoms with Gasteiger partial charge in [0.1, 0.15) is 4.90 Å². The van der Waals surface area contributed by atoms with Crippen LogP contribution in [0, 0.1) is 11.3 Å². The summed E-state index contributed by atoms with van der Waals surface area (Å²) in [5.74, 6) is 0. The van der Waals surface area contributed by atoms with Gasteiger partial charge in [0.2, 0.25) is 0 Å². The number of sulfonamides is 1. The molecule has 0 unspecified atom stereocenters. The standard InChI is InChI=1S/C21H14ClN3O3S/c22-17-7-4-8-18(12-17)25-21(26)24(14-16-6-3-5-15(11-16)13-23)19-9-1-2-10-20(19)29(25,27)28/h1-12H,14H2. The zero-order chi connectivity index (χ0) is 20.6. The fraction of sp³-hybridized carbons (Fsp3) is 0.0476.